The molecule has 0 saturated carbocycles. The van der Waals surface area contributed by atoms with E-state index in [1.807, 2.05) is 31.2 Å². The molecule has 250 valence electrons. The molecule has 0 amide bonds. The van der Waals surface area contributed by atoms with E-state index in [4.69, 9.17) is 19.6 Å². The summed E-state index contributed by atoms with van der Waals surface area (Å²) in [5.41, 5.74) is 6.18. The zero-order chi connectivity index (χ0) is 33.5. The molecule has 3 aromatic rings. The van der Waals surface area contributed by atoms with Gasteiger partial charge in [-0.1, -0.05) is 38.1 Å². The molecule has 3 heterocycles. The lowest BCUT2D eigenvalue weighted by molar-refractivity contribution is -0.136. The fraction of sp³-hybridized carbons (Fsp3) is 0.514. The van der Waals surface area contributed by atoms with Gasteiger partial charge in [-0.2, -0.15) is 0 Å². The maximum Gasteiger partial charge on any atom is 0.307 e. The van der Waals surface area contributed by atoms with Crippen LogP contribution in [0.4, 0.5) is 10.1 Å². The first kappa shape index (κ1) is 35.3. The van der Waals surface area contributed by atoms with Crippen LogP contribution >= 0.6 is 0 Å². The fourth-order valence-electron chi connectivity index (χ4n) is 5.51. The van der Waals surface area contributed by atoms with Crippen molar-refractivity contribution in [2.45, 2.75) is 85.4 Å². The van der Waals surface area contributed by atoms with Crippen molar-refractivity contribution >= 4 is 11.7 Å². The largest absolute Gasteiger partial charge is 0.493 e. The Morgan fingerprint density at radius 3 is 2.24 bits per heavy atom. The number of pyridine rings is 1. The topological polar surface area (TPSA) is 104 Å². The van der Waals surface area contributed by atoms with Crippen LogP contribution in [0.3, 0.4) is 0 Å². The van der Waals surface area contributed by atoms with Gasteiger partial charge in [-0.3, -0.25) is 9.78 Å². The van der Waals surface area contributed by atoms with Gasteiger partial charge in [-0.25, -0.2) is 4.39 Å². The molecule has 8 nitrogen and oxygen atoms in total. The Kier molecular flexibility index (Phi) is 11.8. The minimum Gasteiger partial charge on any atom is -0.493 e. The molecule has 9 heteroatoms. The van der Waals surface area contributed by atoms with Crippen LogP contribution in [0.25, 0.3) is 11.1 Å². The Morgan fingerprint density at radius 1 is 1.09 bits per heavy atom. The first-order valence-corrected chi connectivity index (χ1v) is 16.2. The lowest BCUT2D eigenvalue weighted by atomic mass is 9.82. The van der Waals surface area contributed by atoms with Crippen molar-refractivity contribution in [2.75, 3.05) is 37.8 Å². The normalized spacial score (nSPS) is 16.3. The zero-order valence-corrected chi connectivity index (χ0v) is 28.2. The van der Waals surface area contributed by atoms with E-state index in [-0.39, 0.29) is 17.7 Å². The van der Waals surface area contributed by atoms with Crippen LogP contribution in [0.15, 0.2) is 48.5 Å². The lowest BCUT2D eigenvalue weighted by Gasteiger charge is -2.40. The van der Waals surface area contributed by atoms with Crippen molar-refractivity contribution in [1.29, 1.82) is 0 Å². The summed E-state index contributed by atoms with van der Waals surface area (Å²) in [5.74, 6) is -0.360. The highest BCUT2D eigenvalue weighted by molar-refractivity contribution is 5.86. The molecule has 2 aromatic carbocycles. The molecule has 2 aliphatic heterocycles. The average Bonchev–Trinajstić information content (AvgIpc) is 2.94. The molecule has 2 aliphatic rings. The number of benzene rings is 2. The molecule has 0 atom stereocenters. The van der Waals surface area contributed by atoms with Crippen LogP contribution in [-0.4, -0.2) is 65.7 Å². The maximum atomic E-state index is 13.2. The quantitative estimate of drug-likeness (QED) is 0.224. The lowest BCUT2D eigenvalue weighted by Crippen LogP contribution is -2.45. The number of hydrogen-bond donors (Lipinski definition) is 3. The molecule has 2 fully saturated rings. The third-order valence-electron chi connectivity index (χ3n) is 8.22. The Morgan fingerprint density at radius 2 is 1.70 bits per heavy atom. The first-order valence-electron chi connectivity index (χ1n) is 16.2. The molecule has 0 bridgehead atoms. The molecular weight excluding hydrogens is 585 g/mol. The predicted molar refractivity (Wildman–Crippen MR) is 180 cm³/mol. The molecule has 0 aliphatic carbocycles. The van der Waals surface area contributed by atoms with Gasteiger partial charge in [0.2, 0.25) is 0 Å². The summed E-state index contributed by atoms with van der Waals surface area (Å²) in [5, 5.41) is 21.9. The maximum absolute atomic E-state index is 13.2. The number of rotatable bonds is 11. The van der Waals surface area contributed by atoms with Crippen LogP contribution in [0, 0.1) is 18.2 Å². The van der Waals surface area contributed by atoms with E-state index < -0.39 is 11.6 Å². The van der Waals surface area contributed by atoms with Crippen molar-refractivity contribution in [3.63, 3.8) is 0 Å². The van der Waals surface area contributed by atoms with Crippen LogP contribution in [0.5, 0.6) is 5.75 Å². The summed E-state index contributed by atoms with van der Waals surface area (Å²) in [6.07, 6.45) is 2.68. The van der Waals surface area contributed by atoms with Crippen molar-refractivity contribution in [3.05, 3.63) is 76.9 Å². The summed E-state index contributed by atoms with van der Waals surface area (Å²) in [6, 6.07) is 14.8. The Balaban J connectivity index is 0.000000892. The van der Waals surface area contributed by atoms with Crippen LogP contribution < -0.4 is 15.0 Å². The summed E-state index contributed by atoms with van der Waals surface area (Å²) < 4.78 is 24.6. The molecule has 0 radical (unpaired) electrons. The standard InChI is InChI=1S/C33H40FN3O4.C4H10O/c1-22-28(18-30(38)39)32(37-15-13-33(2,3)14-16-37)31(29(36-22)19-35-26-20-40-21-26)24-6-10-27(11-7-24)41-17-12-23-4-8-25(34)9-5-23;1-4(2,3)5/h4-11,26,35H,12-21H2,1-3H3,(H,38,39);5H,1-3H3. The minimum atomic E-state index is -0.859. The van der Waals surface area contributed by atoms with Gasteiger partial charge in [0, 0.05) is 42.9 Å². The second kappa shape index (κ2) is 15.4. The van der Waals surface area contributed by atoms with Crippen molar-refractivity contribution in [2.24, 2.45) is 5.41 Å². The van der Waals surface area contributed by atoms with E-state index in [9.17, 15) is 14.3 Å². The Hall–Kier alpha value is -3.53. The van der Waals surface area contributed by atoms with Crippen LogP contribution in [0.2, 0.25) is 0 Å². The van der Waals surface area contributed by atoms with Gasteiger partial charge in [-0.15, -0.1) is 0 Å². The first-order chi connectivity index (χ1) is 21.7. The highest BCUT2D eigenvalue weighted by Gasteiger charge is 2.31. The molecule has 0 unspecified atom stereocenters. The molecule has 5 rings (SSSR count). The molecule has 0 spiro atoms. The summed E-state index contributed by atoms with van der Waals surface area (Å²) >= 11 is 0. The Bertz CT molecular complexity index is 1430. The smallest absolute Gasteiger partial charge is 0.307 e. The second-order valence-corrected chi connectivity index (χ2v) is 14.1. The summed E-state index contributed by atoms with van der Waals surface area (Å²) in [7, 11) is 0. The number of piperidine rings is 1. The van der Waals surface area contributed by atoms with Crippen molar-refractivity contribution in [3.8, 4) is 16.9 Å². The SMILES string of the molecule is CC(C)(C)O.Cc1nc(CNC2COC2)c(-c2ccc(OCCc3ccc(F)cc3)cc2)c(N2CCC(C)(C)CC2)c1CC(=O)O. The molecule has 2 saturated heterocycles. The fourth-order valence-corrected chi connectivity index (χ4v) is 5.51. The predicted octanol–water partition coefficient (Wildman–Crippen LogP) is 6.34. The number of carboxylic acids is 1. The van der Waals surface area contributed by atoms with Gasteiger partial charge in [0.1, 0.15) is 11.6 Å². The Labute approximate surface area is 273 Å². The number of anilines is 1. The van der Waals surface area contributed by atoms with Gasteiger partial charge >= 0.3 is 5.97 Å². The number of aliphatic carboxylic acids is 1. The van der Waals surface area contributed by atoms with E-state index in [1.54, 1.807) is 32.9 Å². The van der Waals surface area contributed by atoms with E-state index in [1.165, 1.54) is 12.1 Å². The van der Waals surface area contributed by atoms with Crippen LogP contribution in [-0.2, 0) is 28.9 Å². The zero-order valence-electron chi connectivity index (χ0n) is 28.2. The number of ether oxygens (including phenoxy) is 2. The van der Waals surface area contributed by atoms with E-state index in [0.29, 0.717) is 38.8 Å². The molecule has 1 aromatic heterocycles. The molecule has 3 N–H and O–H groups in total. The van der Waals surface area contributed by atoms with Crippen LogP contribution in [0.1, 0.15) is 70.0 Å². The number of aryl methyl sites for hydroxylation is 1. The summed E-state index contributed by atoms with van der Waals surface area (Å²) in [4.78, 5) is 19.4. The van der Waals surface area contributed by atoms with E-state index >= 15 is 0 Å². The van der Waals surface area contributed by atoms with E-state index in [0.717, 1.165) is 71.0 Å². The number of aromatic nitrogens is 1. The van der Waals surface area contributed by atoms with E-state index in [2.05, 4.69) is 24.1 Å². The minimum absolute atomic E-state index is 0.0736. The number of nitrogens with zero attached hydrogens (tertiary/aromatic N) is 2. The molecular formula is C37H50FN3O5. The number of halogens is 1. The molecule has 46 heavy (non-hydrogen) atoms. The van der Waals surface area contributed by atoms with Crippen molar-refractivity contribution in [1.82, 2.24) is 10.3 Å². The number of aliphatic hydroxyl groups is 1. The average molecular weight is 636 g/mol. The number of hydrogen-bond acceptors (Lipinski definition) is 7. The van der Waals surface area contributed by atoms with Gasteiger partial charge in [0.05, 0.1) is 49.3 Å². The number of nitrogens with one attached hydrogen (secondary N) is 1. The van der Waals surface area contributed by atoms with Crippen molar-refractivity contribution < 1.29 is 28.9 Å². The highest BCUT2D eigenvalue weighted by Crippen LogP contribution is 2.42. The second-order valence-electron chi connectivity index (χ2n) is 14.1. The van der Waals surface area contributed by atoms with Gasteiger partial charge in [-0.05, 0) is 81.3 Å². The van der Waals surface area contributed by atoms with Gasteiger partial charge < -0.3 is 29.9 Å². The van der Waals surface area contributed by atoms with Gasteiger partial charge in [0.25, 0.3) is 0 Å². The number of carboxylic acid groups (broad SMARTS) is 1. The highest BCUT2D eigenvalue weighted by atomic mass is 19.1. The number of carbonyl (C=O) groups is 1. The monoisotopic (exact) mass is 635 g/mol. The van der Waals surface area contributed by atoms with Gasteiger partial charge in [0.15, 0.2) is 0 Å². The third-order valence-corrected chi connectivity index (χ3v) is 8.22. The third kappa shape index (κ3) is 10.5. The summed E-state index contributed by atoms with van der Waals surface area (Å²) in [6.45, 7) is 15.9.